The van der Waals surface area contributed by atoms with Crippen LogP contribution in [-0.2, 0) is 28.9 Å². The van der Waals surface area contributed by atoms with Gasteiger partial charge in [-0.2, -0.15) is 5.10 Å². The third-order valence-corrected chi connectivity index (χ3v) is 8.02. The number of aryl methyl sites for hydroxylation is 2. The lowest BCUT2D eigenvalue weighted by Gasteiger charge is -2.25. The Bertz CT molecular complexity index is 1250. The van der Waals surface area contributed by atoms with Gasteiger partial charge in [-0.25, -0.2) is 4.98 Å². The number of ether oxygens (including phenoxy) is 1. The Hall–Kier alpha value is -2.97. The zero-order valence-corrected chi connectivity index (χ0v) is 21.4. The first-order valence-electron chi connectivity index (χ1n) is 13.9. The van der Waals surface area contributed by atoms with E-state index in [-0.39, 0.29) is 6.10 Å². The number of anilines is 1. The molecule has 37 heavy (non-hydrogen) atoms. The fraction of sp³-hybridized carbons (Fsp3) is 0.552. The summed E-state index contributed by atoms with van der Waals surface area (Å²) < 4.78 is 8.22. The van der Waals surface area contributed by atoms with Gasteiger partial charge in [0.1, 0.15) is 11.9 Å². The Morgan fingerprint density at radius 1 is 1.19 bits per heavy atom. The van der Waals surface area contributed by atoms with Gasteiger partial charge >= 0.3 is 5.97 Å². The van der Waals surface area contributed by atoms with Gasteiger partial charge in [0.25, 0.3) is 0 Å². The first-order valence-corrected chi connectivity index (χ1v) is 13.9. The van der Waals surface area contributed by atoms with Crippen LogP contribution in [-0.4, -0.2) is 63.1 Å². The quantitative estimate of drug-likeness (QED) is 0.374. The predicted molar refractivity (Wildman–Crippen MR) is 143 cm³/mol. The lowest BCUT2D eigenvalue weighted by atomic mass is 10.0. The lowest BCUT2D eigenvalue weighted by Crippen LogP contribution is -2.34. The van der Waals surface area contributed by atoms with E-state index < -0.39 is 12.0 Å². The molecule has 2 fully saturated rings. The third-order valence-electron chi connectivity index (χ3n) is 8.02. The molecule has 2 aromatic heterocycles. The molecule has 0 bridgehead atoms. The normalized spacial score (nSPS) is 20.6. The van der Waals surface area contributed by atoms with Crippen molar-refractivity contribution in [3.63, 3.8) is 0 Å². The minimum absolute atomic E-state index is 0.0727. The van der Waals surface area contributed by atoms with Crippen molar-refractivity contribution in [3.8, 4) is 0 Å². The zero-order chi connectivity index (χ0) is 25.2. The van der Waals surface area contributed by atoms with E-state index >= 15 is 0 Å². The molecule has 8 nitrogen and oxygen atoms in total. The summed E-state index contributed by atoms with van der Waals surface area (Å²) in [5, 5.41) is 19.3. The Balaban J connectivity index is 1.03. The van der Waals surface area contributed by atoms with Crippen LogP contribution in [0.4, 0.5) is 5.82 Å². The Morgan fingerprint density at radius 2 is 2.11 bits per heavy atom. The van der Waals surface area contributed by atoms with E-state index in [4.69, 9.17) is 9.72 Å². The smallest absolute Gasteiger partial charge is 0.325 e. The maximum absolute atomic E-state index is 12.5. The average molecular weight is 504 g/mol. The average Bonchev–Trinajstić information content (AvgIpc) is 3.45. The van der Waals surface area contributed by atoms with Gasteiger partial charge in [-0.05, 0) is 68.9 Å². The second-order valence-electron chi connectivity index (χ2n) is 10.9. The number of likely N-dealkylation sites (tertiary alicyclic amines) is 1. The number of carboxylic acid groups (broad SMARTS) is 1. The van der Waals surface area contributed by atoms with Crippen LogP contribution >= 0.6 is 0 Å². The van der Waals surface area contributed by atoms with Crippen LogP contribution in [0, 0.1) is 5.92 Å². The van der Waals surface area contributed by atoms with Crippen molar-refractivity contribution in [2.45, 2.75) is 70.1 Å². The molecule has 3 aromatic rings. The molecule has 2 atom stereocenters. The molecular weight excluding hydrogens is 466 g/mol. The van der Waals surface area contributed by atoms with E-state index in [1.54, 1.807) is 0 Å². The van der Waals surface area contributed by atoms with Gasteiger partial charge in [-0.3, -0.25) is 14.4 Å². The molecule has 1 saturated heterocycles. The Kier molecular flexibility index (Phi) is 7.11. The van der Waals surface area contributed by atoms with Crippen LogP contribution in [0.25, 0.3) is 10.9 Å². The number of pyridine rings is 1. The number of benzene rings is 1. The number of rotatable bonds is 11. The molecule has 4 heterocycles. The van der Waals surface area contributed by atoms with Crippen LogP contribution in [0.3, 0.4) is 0 Å². The largest absolute Gasteiger partial charge is 0.480 e. The van der Waals surface area contributed by atoms with E-state index in [2.05, 4.69) is 27.4 Å². The van der Waals surface area contributed by atoms with Gasteiger partial charge < -0.3 is 15.2 Å². The van der Waals surface area contributed by atoms with Crippen LogP contribution in [0.1, 0.15) is 61.4 Å². The van der Waals surface area contributed by atoms with E-state index in [1.807, 2.05) is 29.1 Å². The molecule has 196 valence electrons. The highest BCUT2D eigenvalue weighted by molar-refractivity contribution is 5.88. The fourth-order valence-corrected chi connectivity index (χ4v) is 5.85. The maximum Gasteiger partial charge on any atom is 0.325 e. The molecular formula is C29H37N5O3. The summed E-state index contributed by atoms with van der Waals surface area (Å²) in [6.07, 6.45) is 10.5. The molecule has 2 unspecified atom stereocenters. The van der Waals surface area contributed by atoms with Crippen LogP contribution < -0.4 is 5.32 Å². The van der Waals surface area contributed by atoms with Crippen molar-refractivity contribution in [2.75, 3.05) is 31.6 Å². The van der Waals surface area contributed by atoms with Crippen molar-refractivity contribution in [1.29, 1.82) is 0 Å². The van der Waals surface area contributed by atoms with Crippen LogP contribution in [0.5, 0.6) is 0 Å². The molecule has 0 radical (unpaired) electrons. The minimum Gasteiger partial charge on any atom is -0.480 e. The fourth-order valence-electron chi connectivity index (χ4n) is 5.85. The topological polar surface area (TPSA) is 92.5 Å². The summed E-state index contributed by atoms with van der Waals surface area (Å²) in [5.74, 6) is 0.924. The van der Waals surface area contributed by atoms with Crippen LogP contribution in [0.15, 0.2) is 36.5 Å². The van der Waals surface area contributed by atoms with Crippen molar-refractivity contribution < 1.29 is 14.6 Å². The predicted octanol–water partition coefficient (Wildman–Crippen LogP) is 4.44. The first kappa shape index (κ1) is 24.4. The van der Waals surface area contributed by atoms with Crippen molar-refractivity contribution in [3.05, 3.63) is 53.3 Å². The molecule has 8 heteroatoms. The minimum atomic E-state index is -0.806. The number of unbranched alkanes of at least 4 members (excludes halogenated alkanes) is 1. The van der Waals surface area contributed by atoms with Gasteiger partial charge in [0.15, 0.2) is 0 Å². The van der Waals surface area contributed by atoms with Crippen LogP contribution in [0.2, 0.25) is 0 Å². The summed E-state index contributed by atoms with van der Waals surface area (Å²) in [7, 11) is 0. The van der Waals surface area contributed by atoms with Gasteiger partial charge in [0.05, 0.1) is 17.8 Å². The molecule has 1 saturated carbocycles. The summed E-state index contributed by atoms with van der Waals surface area (Å²) in [6.45, 7) is 3.94. The lowest BCUT2D eigenvalue weighted by molar-refractivity contribution is -0.143. The summed E-state index contributed by atoms with van der Waals surface area (Å²) in [6, 6.07) is 9.63. The molecule has 2 aliphatic heterocycles. The number of carbonyl (C=O) groups is 1. The molecule has 6 rings (SSSR count). The second-order valence-corrected chi connectivity index (χ2v) is 10.9. The highest BCUT2D eigenvalue weighted by Crippen LogP contribution is 2.35. The zero-order valence-electron chi connectivity index (χ0n) is 21.4. The number of para-hydroxylation sites is 1. The van der Waals surface area contributed by atoms with Gasteiger partial charge in [0.2, 0.25) is 0 Å². The standard InChI is InChI=1S/C29H37N5O3/c35-29(36)27(25-8-3-5-22-17-31-34(26(22)25)18-20-9-10-20)33-15-13-24(19-33)37-16-2-1-7-23-12-11-21-6-4-14-30-28(21)32-23/h3,5,8,11-12,17,20,24,27H,1-2,4,6-7,9-10,13-16,18-19H2,(H,30,32)(H,35,36). The number of carboxylic acids is 1. The highest BCUT2D eigenvalue weighted by atomic mass is 16.5. The van der Waals surface area contributed by atoms with E-state index in [9.17, 15) is 9.90 Å². The maximum atomic E-state index is 12.5. The molecule has 0 spiro atoms. The van der Waals surface area contributed by atoms with Crippen molar-refractivity contribution >= 4 is 22.7 Å². The SMILES string of the molecule is O=C(O)C(c1cccc2cnn(CC3CC3)c12)N1CCC(OCCCCc2ccc3c(n2)NCCC3)C1. The summed E-state index contributed by atoms with van der Waals surface area (Å²) in [4.78, 5) is 19.4. The molecule has 1 aliphatic carbocycles. The molecule has 3 aliphatic rings. The van der Waals surface area contributed by atoms with Gasteiger partial charge in [-0.15, -0.1) is 0 Å². The first-order chi connectivity index (χ1) is 18.2. The van der Waals surface area contributed by atoms with E-state index in [1.165, 1.54) is 24.8 Å². The Labute approximate surface area is 218 Å². The summed E-state index contributed by atoms with van der Waals surface area (Å²) in [5.41, 5.74) is 4.28. The highest BCUT2D eigenvalue weighted by Gasteiger charge is 2.36. The number of aliphatic carboxylic acids is 1. The summed E-state index contributed by atoms with van der Waals surface area (Å²) >= 11 is 0. The number of aromatic nitrogens is 3. The Morgan fingerprint density at radius 3 is 2.97 bits per heavy atom. The number of nitrogens with zero attached hydrogens (tertiary/aromatic N) is 4. The second kappa shape index (κ2) is 10.8. The van der Waals surface area contributed by atoms with E-state index in [0.29, 0.717) is 19.1 Å². The number of fused-ring (bicyclic) bond motifs is 2. The number of hydrogen-bond acceptors (Lipinski definition) is 6. The van der Waals surface area contributed by atoms with Gasteiger partial charge in [0, 0.05) is 49.4 Å². The number of hydrogen-bond donors (Lipinski definition) is 2. The molecule has 1 aromatic carbocycles. The third kappa shape index (κ3) is 5.50. The van der Waals surface area contributed by atoms with Gasteiger partial charge in [-0.1, -0.05) is 24.3 Å². The van der Waals surface area contributed by atoms with E-state index in [0.717, 1.165) is 79.7 Å². The van der Waals surface area contributed by atoms with Crippen molar-refractivity contribution in [1.82, 2.24) is 19.7 Å². The monoisotopic (exact) mass is 503 g/mol. The molecule has 2 N–H and O–H groups in total. The van der Waals surface area contributed by atoms with Crippen molar-refractivity contribution in [2.24, 2.45) is 5.92 Å². The molecule has 0 amide bonds. The number of nitrogens with one attached hydrogen (secondary N) is 1.